The van der Waals surface area contributed by atoms with Crippen LogP contribution in [0.3, 0.4) is 0 Å². The Labute approximate surface area is 171 Å². The second-order valence-corrected chi connectivity index (χ2v) is 8.57. The van der Waals surface area contributed by atoms with Gasteiger partial charge in [-0.15, -0.1) is 11.3 Å². The molecule has 0 spiro atoms. The Balaban J connectivity index is 1.33. The van der Waals surface area contributed by atoms with Gasteiger partial charge in [0.05, 0.1) is 21.5 Å². The first-order chi connectivity index (χ1) is 14.0. The van der Waals surface area contributed by atoms with Crippen LogP contribution < -0.4 is 0 Å². The Kier molecular flexibility index (Phi) is 4.24. The number of ketones is 1. The third-order valence-electron chi connectivity index (χ3n) is 5.44. The van der Waals surface area contributed by atoms with E-state index in [0.29, 0.717) is 16.5 Å². The van der Waals surface area contributed by atoms with Crippen molar-refractivity contribution in [3.63, 3.8) is 0 Å². The molecule has 1 saturated carbocycles. The maximum atomic E-state index is 12.6. The van der Waals surface area contributed by atoms with E-state index in [1.807, 2.05) is 44.2 Å². The predicted molar refractivity (Wildman–Crippen MR) is 114 cm³/mol. The second-order valence-electron chi connectivity index (χ2n) is 7.52. The number of aryl methyl sites for hydroxylation is 2. The van der Waals surface area contributed by atoms with Gasteiger partial charge in [-0.2, -0.15) is 0 Å². The van der Waals surface area contributed by atoms with Crippen LogP contribution >= 0.6 is 11.3 Å². The van der Waals surface area contributed by atoms with Gasteiger partial charge in [0.25, 0.3) is 0 Å². The number of nitrogens with zero attached hydrogens (tertiary/aromatic N) is 2. The van der Waals surface area contributed by atoms with E-state index < -0.39 is 5.97 Å². The topological polar surface area (TPSA) is 61.2 Å². The van der Waals surface area contributed by atoms with Crippen molar-refractivity contribution in [3.05, 3.63) is 64.3 Å². The van der Waals surface area contributed by atoms with Gasteiger partial charge in [-0.25, -0.2) is 9.78 Å². The largest absolute Gasteiger partial charge is 0.454 e. The Morgan fingerprint density at radius 3 is 2.72 bits per heavy atom. The van der Waals surface area contributed by atoms with Gasteiger partial charge >= 0.3 is 5.97 Å². The Morgan fingerprint density at radius 2 is 1.97 bits per heavy atom. The maximum Gasteiger partial charge on any atom is 0.338 e. The van der Waals surface area contributed by atoms with Gasteiger partial charge in [0.1, 0.15) is 5.82 Å². The van der Waals surface area contributed by atoms with Gasteiger partial charge in [-0.1, -0.05) is 18.2 Å². The van der Waals surface area contributed by atoms with Crippen molar-refractivity contribution in [2.75, 3.05) is 6.61 Å². The zero-order valence-electron chi connectivity index (χ0n) is 16.3. The Bertz CT molecular complexity index is 1280. The van der Waals surface area contributed by atoms with Crippen molar-refractivity contribution >= 4 is 44.2 Å². The summed E-state index contributed by atoms with van der Waals surface area (Å²) >= 11 is 1.44. The monoisotopic (exact) mass is 404 g/mol. The molecule has 4 aromatic rings. The lowest BCUT2D eigenvalue weighted by molar-refractivity contribution is 0.0476. The number of aromatic nitrogens is 2. The van der Waals surface area contributed by atoms with E-state index in [0.717, 1.165) is 32.5 Å². The molecule has 0 N–H and O–H groups in total. The van der Waals surface area contributed by atoms with E-state index in [-0.39, 0.29) is 12.4 Å². The van der Waals surface area contributed by atoms with Crippen LogP contribution in [-0.4, -0.2) is 27.9 Å². The van der Waals surface area contributed by atoms with Gasteiger partial charge in [0, 0.05) is 10.7 Å². The molecule has 0 radical (unpaired) electrons. The van der Waals surface area contributed by atoms with E-state index >= 15 is 0 Å². The van der Waals surface area contributed by atoms with Gasteiger partial charge in [0.15, 0.2) is 6.61 Å². The molecule has 2 heterocycles. The minimum absolute atomic E-state index is 0.174. The molecule has 0 aliphatic heterocycles. The average molecular weight is 404 g/mol. The lowest BCUT2D eigenvalue weighted by Crippen LogP contribution is -2.14. The van der Waals surface area contributed by atoms with Gasteiger partial charge in [-0.05, 0) is 61.9 Å². The molecular formula is C23H20N2O3S. The second kappa shape index (κ2) is 6.81. The number of fused-ring (bicyclic) bond motifs is 2. The van der Waals surface area contributed by atoms with E-state index in [2.05, 4.69) is 9.55 Å². The molecular weight excluding hydrogens is 384 g/mol. The van der Waals surface area contributed by atoms with Crippen LogP contribution in [-0.2, 0) is 4.74 Å². The summed E-state index contributed by atoms with van der Waals surface area (Å²) in [5.74, 6) is 0.285. The fourth-order valence-electron chi connectivity index (χ4n) is 3.86. The number of thiophene rings is 1. The minimum atomic E-state index is -0.502. The van der Waals surface area contributed by atoms with E-state index in [1.165, 1.54) is 24.2 Å². The average Bonchev–Trinajstić information content (AvgIpc) is 3.42. The number of rotatable bonds is 5. The highest BCUT2D eigenvalue weighted by molar-refractivity contribution is 7.21. The molecule has 1 aliphatic rings. The summed E-state index contributed by atoms with van der Waals surface area (Å²) in [4.78, 5) is 30.4. The molecule has 2 aromatic heterocycles. The highest BCUT2D eigenvalue weighted by Gasteiger charge is 2.27. The molecule has 6 heteroatoms. The molecule has 0 saturated heterocycles. The number of esters is 1. The molecule has 2 aromatic carbocycles. The highest BCUT2D eigenvalue weighted by Crippen LogP contribution is 2.38. The summed E-state index contributed by atoms with van der Waals surface area (Å²) in [7, 11) is 0. The number of imidazole rings is 1. The quantitative estimate of drug-likeness (QED) is 0.337. The van der Waals surface area contributed by atoms with Crippen molar-refractivity contribution < 1.29 is 14.3 Å². The van der Waals surface area contributed by atoms with Crippen LogP contribution in [0.5, 0.6) is 0 Å². The summed E-state index contributed by atoms with van der Waals surface area (Å²) in [5, 5.41) is 1.07. The summed E-state index contributed by atoms with van der Waals surface area (Å²) in [6, 6.07) is 13.9. The normalized spacial score (nSPS) is 13.9. The van der Waals surface area contributed by atoms with Crippen LogP contribution in [0.2, 0.25) is 0 Å². The van der Waals surface area contributed by atoms with E-state index in [1.54, 1.807) is 12.1 Å². The number of benzene rings is 2. The Morgan fingerprint density at radius 1 is 1.17 bits per heavy atom. The molecule has 0 bridgehead atoms. The van der Waals surface area contributed by atoms with Gasteiger partial charge in [0.2, 0.25) is 5.78 Å². The van der Waals surface area contributed by atoms with Gasteiger partial charge < -0.3 is 9.30 Å². The number of carbonyl (C=O) groups excluding carboxylic acids is 2. The summed E-state index contributed by atoms with van der Waals surface area (Å²) in [6.45, 7) is 3.66. The van der Waals surface area contributed by atoms with Gasteiger partial charge in [-0.3, -0.25) is 4.79 Å². The number of carbonyl (C=O) groups is 2. The molecule has 5 nitrogen and oxygen atoms in total. The van der Waals surface area contributed by atoms with E-state index in [9.17, 15) is 9.59 Å². The number of hydrogen-bond donors (Lipinski definition) is 0. The van der Waals surface area contributed by atoms with E-state index in [4.69, 9.17) is 4.74 Å². The fraction of sp³-hybridized carbons (Fsp3) is 0.261. The SMILES string of the molecule is Cc1c(C(=O)COC(=O)c2ccc3c(c2)nc(C)n3C2CC2)sc2ccccc12. The number of ether oxygens (including phenoxy) is 1. The summed E-state index contributed by atoms with van der Waals surface area (Å²) < 4.78 is 8.62. The standard InChI is InChI=1S/C23H20N2O3S/c1-13-17-5-3-4-6-21(17)29-22(13)20(26)12-28-23(27)15-7-10-19-18(11-15)24-14(2)25(19)16-8-9-16/h3-7,10-11,16H,8-9,12H2,1-2H3. The van der Waals surface area contributed by atoms with Crippen molar-refractivity contribution in [1.29, 1.82) is 0 Å². The first-order valence-corrected chi connectivity index (χ1v) is 10.5. The third-order valence-corrected chi connectivity index (χ3v) is 6.76. The lowest BCUT2D eigenvalue weighted by Gasteiger charge is -2.06. The van der Waals surface area contributed by atoms with Crippen LogP contribution in [0.1, 0.15) is 50.3 Å². The molecule has 29 heavy (non-hydrogen) atoms. The minimum Gasteiger partial charge on any atom is -0.454 e. The third kappa shape index (κ3) is 3.13. The molecule has 146 valence electrons. The fourth-order valence-corrected chi connectivity index (χ4v) is 4.99. The maximum absolute atomic E-state index is 12.6. The van der Waals surface area contributed by atoms with Crippen LogP contribution in [0.25, 0.3) is 21.1 Å². The van der Waals surface area contributed by atoms with Crippen molar-refractivity contribution in [1.82, 2.24) is 9.55 Å². The molecule has 0 unspecified atom stereocenters. The molecule has 0 atom stereocenters. The summed E-state index contributed by atoms with van der Waals surface area (Å²) in [5.41, 5.74) is 3.18. The molecule has 1 aliphatic carbocycles. The van der Waals surface area contributed by atoms with Crippen molar-refractivity contribution in [2.24, 2.45) is 0 Å². The first-order valence-electron chi connectivity index (χ1n) is 9.70. The first kappa shape index (κ1) is 18.1. The zero-order valence-corrected chi connectivity index (χ0v) is 17.1. The van der Waals surface area contributed by atoms with Crippen LogP contribution in [0.15, 0.2) is 42.5 Å². The Hall–Kier alpha value is -2.99. The number of Topliss-reactive ketones (excluding diaryl/α,β-unsaturated/α-hetero) is 1. The highest BCUT2D eigenvalue weighted by atomic mass is 32.1. The molecule has 5 rings (SSSR count). The van der Waals surface area contributed by atoms with Crippen LogP contribution in [0, 0.1) is 13.8 Å². The zero-order chi connectivity index (χ0) is 20.1. The van der Waals surface area contributed by atoms with Crippen molar-refractivity contribution in [2.45, 2.75) is 32.7 Å². The van der Waals surface area contributed by atoms with Crippen LogP contribution in [0.4, 0.5) is 0 Å². The molecule has 1 fully saturated rings. The molecule has 0 amide bonds. The number of hydrogen-bond acceptors (Lipinski definition) is 5. The lowest BCUT2D eigenvalue weighted by atomic mass is 10.1. The smallest absolute Gasteiger partial charge is 0.338 e. The van der Waals surface area contributed by atoms with Crippen molar-refractivity contribution in [3.8, 4) is 0 Å². The summed E-state index contributed by atoms with van der Waals surface area (Å²) in [6.07, 6.45) is 2.35. The predicted octanol–water partition coefficient (Wildman–Crippen LogP) is 5.24.